The molecule has 0 spiro atoms. The van der Waals surface area contributed by atoms with Gasteiger partial charge in [0.25, 0.3) is 0 Å². The summed E-state index contributed by atoms with van der Waals surface area (Å²) in [6, 6.07) is 15.6. The van der Waals surface area contributed by atoms with Crippen LogP contribution in [0.4, 0.5) is 23.1 Å². The number of nitrogen functional groups attached to an aromatic ring is 2. The van der Waals surface area contributed by atoms with Crippen molar-refractivity contribution in [3.05, 3.63) is 60.2 Å². The van der Waals surface area contributed by atoms with Gasteiger partial charge < -0.3 is 11.5 Å². The molecule has 1 aromatic heterocycles. The normalized spacial score (nSPS) is 11.2. The van der Waals surface area contributed by atoms with Gasteiger partial charge in [-0.05, 0) is 17.7 Å². The van der Waals surface area contributed by atoms with Crippen LogP contribution in [0.1, 0.15) is 5.56 Å². The van der Waals surface area contributed by atoms with Gasteiger partial charge in [-0.3, -0.25) is 14.3 Å². The van der Waals surface area contributed by atoms with E-state index in [0.29, 0.717) is 5.69 Å². The summed E-state index contributed by atoms with van der Waals surface area (Å²) >= 11 is 0. The van der Waals surface area contributed by atoms with E-state index in [9.17, 15) is 8.42 Å². The lowest BCUT2D eigenvalue weighted by Gasteiger charge is -2.21. The number of nitrogens with two attached hydrogens (primary N) is 3. The fourth-order valence-corrected chi connectivity index (χ4v) is 3.04. The van der Waals surface area contributed by atoms with Crippen molar-refractivity contribution in [2.24, 2.45) is 5.84 Å². The summed E-state index contributed by atoms with van der Waals surface area (Å²) in [4.78, 5) is 8.35. The van der Waals surface area contributed by atoms with Gasteiger partial charge in [0.2, 0.25) is 5.95 Å². The Morgan fingerprint density at radius 3 is 2.25 bits per heavy atom. The lowest BCUT2D eigenvalue weighted by molar-refractivity contribution is 0.489. The van der Waals surface area contributed by atoms with Crippen LogP contribution in [0.5, 0.6) is 0 Å². The minimum absolute atomic E-state index is 0.0335. The van der Waals surface area contributed by atoms with E-state index < -0.39 is 10.3 Å². The van der Waals surface area contributed by atoms with Crippen LogP contribution < -0.4 is 27.0 Å². The number of hydrazine groups is 1. The maximum Gasteiger partial charge on any atom is 0.357 e. The van der Waals surface area contributed by atoms with Crippen molar-refractivity contribution >= 4 is 33.4 Å². The Hall–Kier alpha value is -3.41. The molecule has 146 valence electrons. The lowest BCUT2D eigenvalue weighted by Crippen LogP contribution is -2.32. The Morgan fingerprint density at radius 2 is 1.64 bits per heavy atom. The third-order valence-corrected chi connectivity index (χ3v) is 4.31. The number of hydrogen-bond acceptors (Lipinski definition) is 8. The smallest absolute Gasteiger partial charge is 0.357 e. The molecule has 11 heteroatoms. The summed E-state index contributed by atoms with van der Waals surface area (Å²) in [6.07, 6.45) is 0. The second-order valence-corrected chi connectivity index (χ2v) is 7.09. The molecule has 0 amide bonds. The Kier molecular flexibility index (Phi) is 5.31. The number of nitrogens with zero attached hydrogens (tertiary/aromatic N) is 3. The molecule has 8 N–H and O–H groups in total. The van der Waals surface area contributed by atoms with Gasteiger partial charge in [-0.25, -0.2) is 10.8 Å². The molecule has 1 heterocycles. The number of anilines is 4. The van der Waals surface area contributed by atoms with Crippen molar-refractivity contribution in [3.63, 3.8) is 0 Å². The average molecular weight is 401 g/mol. The Morgan fingerprint density at radius 1 is 1.00 bits per heavy atom. The number of rotatable bonds is 6. The predicted molar refractivity (Wildman–Crippen MR) is 108 cm³/mol. The van der Waals surface area contributed by atoms with Crippen molar-refractivity contribution in [2.45, 2.75) is 6.54 Å². The molecule has 0 aliphatic carbocycles. The second kappa shape index (κ2) is 7.68. The molecule has 28 heavy (non-hydrogen) atoms. The fourth-order valence-electron chi connectivity index (χ4n) is 2.61. The zero-order valence-corrected chi connectivity index (χ0v) is 15.5. The summed E-state index contributed by atoms with van der Waals surface area (Å²) < 4.78 is 32.5. The van der Waals surface area contributed by atoms with Crippen molar-refractivity contribution in [1.29, 1.82) is 0 Å². The van der Waals surface area contributed by atoms with E-state index in [1.807, 2.05) is 35.1 Å². The number of nitrogens with one attached hydrogen (secondary N) is 1. The van der Waals surface area contributed by atoms with E-state index in [2.05, 4.69) is 9.97 Å². The van der Waals surface area contributed by atoms with Crippen molar-refractivity contribution in [3.8, 4) is 11.3 Å². The standard InChI is InChI=1S/C17H19N7O3S/c18-14-15(12-4-2-1-3-5-12)21-17(19)22-16(14)24(20)10-11-6-8-13(9-7-11)23-28(25,26)27/h1-9,23H,10,18,20H2,(H2,19,21,22)(H,25,26,27). The summed E-state index contributed by atoms with van der Waals surface area (Å²) in [5, 5.41) is 1.32. The number of hydrogen-bond donors (Lipinski definition) is 5. The first-order valence-electron chi connectivity index (χ1n) is 8.08. The number of benzene rings is 2. The van der Waals surface area contributed by atoms with Crippen molar-refractivity contribution in [2.75, 3.05) is 21.2 Å². The Balaban J connectivity index is 1.85. The Labute approximate surface area is 161 Å². The highest BCUT2D eigenvalue weighted by atomic mass is 32.2. The van der Waals surface area contributed by atoms with Crippen LogP contribution in [0.15, 0.2) is 54.6 Å². The summed E-state index contributed by atoms with van der Waals surface area (Å²) in [5.74, 6) is 6.44. The van der Waals surface area contributed by atoms with Crippen LogP contribution in [0.3, 0.4) is 0 Å². The molecule has 2 aromatic carbocycles. The maximum atomic E-state index is 10.8. The quantitative estimate of drug-likeness (QED) is 0.232. The van der Waals surface area contributed by atoms with Crippen LogP contribution in [0.25, 0.3) is 11.3 Å². The van der Waals surface area contributed by atoms with Gasteiger partial charge in [0.1, 0.15) is 11.4 Å². The van der Waals surface area contributed by atoms with E-state index in [4.69, 9.17) is 21.9 Å². The third kappa shape index (κ3) is 4.65. The molecule has 3 aromatic rings. The molecule has 0 aliphatic heterocycles. The van der Waals surface area contributed by atoms with Crippen LogP contribution >= 0.6 is 0 Å². The highest BCUT2D eigenvalue weighted by molar-refractivity contribution is 7.87. The highest BCUT2D eigenvalue weighted by Gasteiger charge is 2.16. The second-order valence-electron chi connectivity index (χ2n) is 5.94. The molecule has 3 rings (SSSR count). The number of aromatic nitrogens is 2. The van der Waals surface area contributed by atoms with Gasteiger partial charge in [0.15, 0.2) is 5.82 Å². The van der Waals surface area contributed by atoms with E-state index in [1.54, 1.807) is 12.1 Å². The molecule has 0 radical (unpaired) electrons. The monoisotopic (exact) mass is 401 g/mol. The molecule has 10 nitrogen and oxygen atoms in total. The van der Waals surface area contributed by atoms with Crippen LogP contribution in [-0.2, 0) is 16.8 Å². The Bertz CT molecular complexity index is 1070. The minimum atomic E-state index is -4.33. The first kappa shape index (κ1) is 19.4. The van der Waals surface area contributed by atoms with E-state index >= 15 is 0 Å². The first-order valence-corrected chi connectivity index (χ1v) is 9.52. The molecule has 0 unspecified atom stereocenters. The molecule has 0 atom stereocenters. The van der Waals surface area contributed by atoms with E-state index in [0.717, 1.165) is 11.1 Å². The van der Waals surface area contributed by atoms with Gasteiger partial charge in [0.05, 0.1) is 12.2 Å². The molecule has 0 saturated heterocycles. The zero-order valence-electron chi connectivity index (χ0n) is 14.6. The summed E-state index contributed by atoms with van der Waals surface area (Å²) in [7, 11) is -4.33. The van der Waals surface area contributed by atoms with Gasteiger partial charge in [-0.1, -0.05) is 42.5 Å². The molecule has 0 saturated carbocycles. The predicted octanol–water partition coefficient (Wildman–Crippen LogP) is 1.40. The topological polar surface area (TPSA) is 173 Å². The van der Waals surface area contributed by atoms with E-state index in [1.165, 1.54) is 17.1 Å². The van der Waals surface area contributed by atoms with Gasteiger partial charge in [0, 0.05) is 5.56 Å². The van der Waals surface area contributed by atoms with Gasteiger partial charge >= 0.3 is 10.3 Å². The zero-order chi connectivity index (χ0) is 20.3. The fraction of sp³-hybridized carbons (Fsp3) is 0.0588. The molecule has 0 fully saturated rings. The SMILES string of the molecule is Nc1nc(-c2ccccc2)c(N)c(N(N)Cc2ccc(NS(=O)(=O)O)cc2)n1. The van der Waals surface area contributed by atoms with Crippen LogP contribution in [0, 0.1) is 0 Å². The minimum Gasteiger partial charge on any atom is -0.394 e. The molecular formula is C17H19N7O3S. The van der Waals surface area contributed by atoms with Gasteiger partial charge in [-0.2, -0.15) is 13.4 Å². The summed E-state index contributed by atoms with van der Waals surface area (Å²) in [6.45, 7) is 0.223. The maximum absolute atomic E-state index is 10.8. The van der Waals surface area contributed by atoms with Crippen molar-refractivity contribution < 1.29 is 13.0 Å². The van der Waals surface area contributed by atoms with Crippen molar-refractivity contribution in [1.82, 2.24) is 9.97 Å². The van der Waals surface area contributed by atoms with Gasteiger partial charge in [-0.15, -0.1) is 0 Å². The molecule has 0 aliphatic rings. The average Bonchev–Trinajstić information content (AvgIpc) is 2.64. The van der Waals surface area contributed by atoms with Crippen LogP contribution in [0.2, 0.25) is 0 Å². The first-order chi connectivity index (χ1) is 13.2. The lowest BCUT2D eigenvalue weighted by atomic mass is 10.1. The van der Waals surface area contributed by atoms with E-state index in [-0.39, 0.29) is 29.7 Å². The largest absolute Gasteiger partial charge is 0.394 e. The summed E-state index contributed by atoms with van der Waals surface area (Å²) in [5.41, 5.74) is 14.6. The molecule has 0 bridgehead atoms. The highest BCUT2D eigenvalue weighted by Crippen LogP contribution is 2.31. The molecular weight excluding hydrogens is 382 g/mol. The third-order valence-electron chi connectivity index (χ3n) is 3.82. The van der Waals surface area contributed by atoms with Crippen LogP contribution in [-0.4, -0.2) is 22.9 Å².